The molecule has 10 heteroatoms. The number of alkyl halides is 3. The third-order valence-electron chi connectivity index (χ3n) is 6.74. The Morgan fingerprint density at radius 1 is 1.00 bits per heavy atom. The Bertz CT molecular complexity index is 1400. The number of benzene rings is 3. The lowest BCUT2D eigenvalue weighted by Gasteiger charge is -2.35. The van der Waals surface area contributed by atoms with Gasteiger partial charge < -0.3 is 10.2 Å². The van der Waals surface area contributed by atoms with Crippen LogP contribution >= 0.6 is 0 Å². The van der Waals surface area contributed by atoms with Crippen molar-refractivity contribution in [2.75, 3.05) is 19.6 Å². The fourth-order valence-electron chi connectivity index (χ4n) is 4.87. The second kappa shape index (κ2) is 9.92. The maximum Gasteiger partial charge on any atom is 0.416 e. The van der Waals surface area contributed by atoms with Gasteiger partial charge in [-0.25, -0.2) is 9.18 Å². The molecular formula is C28H24F4N4O2. The molecule has 3 aromatic carbocycles. The van der Waals surface area contributed by atoms with Crippen LogP contribution in [0, 0.1) is 12.7 Å². The molecule has 2 aliphatic heterocycles. The van der Waals surface area contributed by atoms with Gasteiger partial charge in [-0.2, -0.15) is 13.2 Å². The molecule has 6 nitrogen and oxygen atoms in total. The fraction of sp³-hybridized carbons (Fsp3) is 0.250. The maximum atomic E-state index is 14.4. The van der Waals surface area contributed by atoms with E-state index in [0.717, 1.165) is 17.7 Å². The summed E-state index contributed by atoms with van der Waals surface area (Å²) in [6, 6.07) is 15.5. The summed E-state index contributed by atoms with van der Waals surface area (Å²) in [6.07, 6.45) is -4.51. The molecule has 38 heavy (non-hydrogen) atoms. The number of halogens is 4. The summed E-state index contributed by atoms with van der Waals surface area (Å²) in [5.41, 5.74) is 1.53. The zero-order valence-corrected chi connectivity index (χ0v) is 20.4. The Morgan fingerprint density at radius 2 is 1.74 bits per heavy atom. The smallest absolute Gasteiger partial charge is 0.353 e. The topological polar surface area (TPSA) is 65.0 Å². The van der Waals surface area contributed by atoms with Gasteiger partial charge in [0.2, 0.25) is 5.91 Å². The molecule has 5 rings (SSSR count). The van der Waals surface area contributed by atoms with Crippen LogP contribution in [-0.4, -0.2) is 47.2 Å². The van der Waals surface area contributed by atoms with Crippen molar-refractivity contribution in [3.05, 3.63) is 106 Å². The number of nitrogens with zero attached hydrogens (tertiary/aromatic N) is 3. The number of aliphatic imine (C=N–C) groups is 1. The number of rotatable bonds is 3. The van der Waals surface area contributed by atoms with E-state index < -0.39 is 35.7 Å². The van der Waals surface area contributed by atoms with Crippen molar-refractivity contribution in [3.8, 4) is 0 Å². The molecule has 0 radical (unpaired) electrons. The molecule has 2 heterocycles. The number of amides is 3. The number of hydrogen-bond donors (Lipinski definition) is 1. The molecule has 1 fully saturated rings. The van der Waals surface area contributed by atoms with Crippen LogP contribution in [0.5, 0.6) is 0 Å². The Kier molecular flexibility index (Phi) is 6.64. The molecule has 1 N–H and O–H groups in total. The number of amidine groups is 1. The number of hydrogen-bond acceptors (Lipinski definition) is 3. The predicted molar refractivity (Wildman–Crippen MR) is 133 cm³/mol. The van der Waals surface area contributed by atoms with Gasteiger partial charge in [-0.15, -0.1) is 0 Å². The van der Waals surface area contributed by atoms with E-state index in [1.54, 1.807) is 18.2 Å². The van der Waals surface area contributed by atoms with Gasteiger partial charge in [-0.05, 0) is 47.9 Å². The Hall–Kier alpha value is -4.21. The van der Waals surface area contributed by atoms with Crippen molar-refractivity contribution in [2.24, 2.45) is 4.99 Å². The summed E-state index contributed by atoms with van der Waals surface area (Å²) in [5, 5.41) is 2.69. The quantitative estimate of drug-likeness (QED) is 0.476. The zero-order chi connectivity index (χ0) is 27.0. The van der Waals surface area contributed by atoms with Crippen molar-refractivity contribution < 1.29 is 27.2 Å². The van der Waals surface area contributed by atoms with Crippen LogP contribution in [0.25, 0.3) is 0 Å². The molecule has 3 amide bonds. The minimum Gasteiger partial charge on any atom is -0.353 e. The number of nitrogens with one attached hydrogen (secondary N) is 1. The zero-order valence-electron chi connectivity index (χ0n) is 20.4. The van der Waals surface area contributed by atoms with E-state index in [0.29, 0.717) is 22.5 Å². The number of urea groups is 1. The Labute approximate surface area is 216 Å². The van der Waals surface area contributed by atoms with Crippen LogP contribution in [0.3, 0.4) is 0 Å². The van der Waals surface area contributed by atoms with Crippen molar-refractivity contribution in [1.82, 2.24) is 15.1 Å². The highest BCUT2D eigenvalue weighted by molar-refractivity contribution is 6.10. The molecule has 0 bridgehead atoms. The van der Waals surface area contributed by atoms with Crippen LogP contribution in [-0.2, 0) is 11.0 Å². The van der Waals surface area contributed by atoms with E-state index in [2.05, 4.69) is 5.32 Å². The molecule has 1 saturated heterocycles. The van der Waals surface area contributed by atoms with Crippen molar-refractivity contribution >= 4 is 17.8 Å². The van der Waals surface area contributed by atoms with Gasteiger partial charge in [0.1, 0.15) is 24.2 Å². The normalized spacial score (nSPS) is 19.8. The van der Waals surface area contributed by atoms with Gasteiger partial charge >= 0.3 is 12.2 Å². The molecule has 0 aliphatic carbocycles. The molecule has 0 spiro atoms. The van der Waals surface area contributed by atoms with Crippen molar-refractivity contribution in [3.63, 3.8) is 0 Å². The second-order valence-electron chi connectivity index (χ2n) is 9.26. The van der Waals surface area contributed by atoms with E-state index in [9.17, 15) is 27.2 Å². The average Bonchev–Trinajstić information content (AvgIpc) is 3.28. The number of carbonyl (C=O) groups excluding carboxylic acids is 2. The van der Waals surface area contributed by atoms with Crippen LogP contribution in [0.15, 0.2) is 77.8 Å². The van der Waals surface area contributed by atoms with E-state index in [4.69, 9.17) is 4.99 Å². The van der Waals surface area contributed by atoms with Gasteiger partial charge in [0.15, 0.2) is 0 Å². The first-order chi connectivity index (χ1) is 18.1. The van der Waals surface area contributed by atoms with Gasteiger partial charge in [0.25, 0.3) is 0 Å². The highest BCUT2D eigenvalue weighted by Crippen LogP contribution is 2.45. The summed E-state index contributed by atoms with van der Waals surface area (Å²) in [4.78, 5) is 33.8. The van der Waals surface area contributed by atoms with E-state index >= 15 is 0 Å². The number of piperazine rings is 1. The average molecular weight is 525 g/mol. The SMILES string of the molecule is Cc1ccccc1C1=NC(c2ccc(C(F)(F)F)cc2)C(c2cccc(F)c2)N1C(=O)N1CCNC(=O)C1. The molecule has 196 valence electrons. The third-order valence-corrected chi connectivity index (χ3v) is 6.74. The molecule has 0 aromatic heterocycles. The lowest BCUT2D eigenvalue weighted by Crippen LogP contribution is -2.55. The summed E-state index contributed by atoms with van der Waals surface area (Å²) < 4.78 is 54.2. The first-order valence-electron chi connectivity index (χ1n) is 12.0. The Balaban J connectivity index is 1.67. The maximum absolute atomic E-state index is 14.4. The minimum absolute atomic E-state index is 0.156. The van der Waals surface area contributed by atoms with Crippen LogP contribution in [0.2, 0.25) is 0 Å². The highest BCUT2D eigenvalue weighted by Gasteiger charge is 2.45. The first kappa shape index (κ1) is 25.4. The molecule has 2 aliphatic rings. The summed E-state index contributed by atoms with van der Waals surface area (Å²) in [7, 11) is 0. The number of carbonyl (C=O) groups is 2. The predicted octanol–water partition coefficient (Wildman–Crippen LogP) is 5.25. The van der Waals surface area contributed by atoms with Crippen molar-refractivity contribution in [1.29, 1.82) is 0 Å². The molecular weight excluding hydrogens is 500 g/mol. The van der Waals surface area contributed by atoms with Gasteiger partial charge in [-0.3, -0.25) is 14.7 Å². The van der Waals surface area contributed by atoms with Gasteiger partial charge in [-0.1, -0.05) is 48.5 Å². The Morgan fingerprint density at radius 3 is 2.39 bits per heavy atom. The lowest BCUT2D eigenvalue weighted by molar-refractivity contribution is -0.137. The van der Waals surface area contributed by atoms with E-state index in [1.807, 2.05) is 19.1 Å². The number of aryl methyl sites for hydroxylation is 1. The molecule has 2 atom stereocenters. The molecule has 2 unspecified atom stereocenters. The summed E-state index contributed by atoms with van der Waals surface area (Å²) in [5.74, 6) is -0.527. The fourth-order valence-corrected chi connectivity index (χ4v) is 4.87. The molecule has 3 aromatic rings. The lowest BCUT2D eigenvalue weighted by atomic mass is 9.93. The minimum atomic E-state index is -4.51. The van der Waals surface area contributed by atoms with Crippen molar-refractivity contribution in [2.45, 2.75) is 25.2 Å². The van der Waals surface area contributed by atoms with Crippen LogP contribution in [0.4, 0.5) is 22.4 Å². The first-order valence-corrected chi connectivity index (χ1v) is 12.0. The summed E-state index contributed by atoms with van der Waals surface area (Å²) >= 11 is 0. The monoisotopic (exact) mass is 524 g/mol. The van der Waals surface area contributed by atoms with Crippen LogP contribution in [0.1, 0.15) is 39.9 Å². The van der Waals surface area contributed by atoms with Crippen LogP contribution < -0.4 is 5.32 Å². The van der Waals surface area contributed by atoms with Gasteiger partial charge in [0, 0.05) is 18.7 Å². The standard InChI is InChI=1S/C28H24F4N4O2/c1-17-5-2-3-8-22(17)26-34-24(18-9-11-20(12-10-18)28(30,31)32)25(19-6-4-7-21(29)15-19)36(26)27(38)35-14-13-33-23(37)16-35/h2-12,15,24-25H,13-14,16H2,1H3,(H,33,37). The molecule has 0 saturated carbocycles. The third kappa shape index (κ3) is 4.85. The summed E-state index contributed by atoms with van der Waals surface area (Å²) in [6.45, 7) is 2.25. The second-order valence-corrected chi connectivity index (χ2v) is 9.26. The van der Waals surface area contributed by atoms with E-state index in [-0.39, 0.29) is 25.5 Å². The highest BCUT2D eigenvalue weighted by atomic mass is 19.4. The van der Waals surface area contributed by atoms with E-state index in [1.165, 1.54) is 40.1 Å². The van der Waals surface area contributed by atoms with Gasteiger partial charge in [0.05, 0.1) is 11.6 Å². The largest absolute Gasteiger partial charge is 0.416 e.